The first-order valence-corrected chi connectivity index (χ1v) is 8.37. The Morgan fingerprint density at radius 2 is 2.00 bits per heavy atom. The van der Waals surface area contributed by atoms with Gasteiger partial charge < -0.3 is 10.8 Å². The number of aliphatic hydroxyl groups is 1. The Balaban J connectivity index is 2.27. The lowest BCUT2D eigenvalue weighted by Gasteiger charge is -2.45. The molecule has 1 aliphatic rings. The van der Waals surface area contributed by atoms with Crippen LogP contribution in [0.15, 0.2) is 23.1 Å². The van der Waals surface area contributed by atoms with Gasteiger partial charge in [0.25, 0.3) is 0 Å². The molecular weight excluding hydrogens is 276 g/mol. The second-order valence-electron chi connectivity index (χ2n) is 5.47. The first-order valence-electron chi connectivity index (χ1n) is 6.93. The molecule has 1 aromatic rings. The normalized spacial score (nSPS) is 18.8. The van der Waals surface area contributed by atoms with Crippen molar-refractivity contribution in [3.63, 3.8) is 0 Å². The van der Waals surface area contributed by atoms with Gasteiger partial charge in [0.1, 0.15) is 0 Å². The van der Waals surface area contributed by atoms with Crippen molar-refractivity contribution in [3.05, 3.63) is 23.8 Å². The minimum absolute atomic E-state index is 0.168. The Morgan fingerprint density at radius 1 is 1.35 bits per heavy atom. The number of benzene rings is 1. The molecule has 0 aliphatic carbocycles. The molecule has 0 bridgehead atoms. The van der Waals surface area contributed by atoms with E-state index in [0.717, 1.165) is 12.0 Å². The number of nitrogens with two attached hydrogens (primary N) is 1. The summed E-state index contributed by atoms with van der Waals surface area (Å²) in [4.78, 5) is 0.263. The lowest BCUT2D eigenvalue weighted by atomic mass is 9.92. The Kier molecular flexibility index (Phi) is 4.09. The molecular formula is C14H22N2O3S. The molecule has 0 aromatic heterocycles. The maximum absolute atomic E-state index is 12.6. The fourth-order valence-corrected chi connectivity index (χ4v) is 4.57. The summed E-state index contributed by atoms with van der Waals surface area (Å²) in [6, 6.07) is 4.97. The highest BCUT2D eigenvalue weighted by molar-refractivity contribution is 7.89. The van der Waals surface area contributed by atoms with Crippen LogP contribution in [0.3, 0.4) is 0 Å². The predicted octanol–water partition coefficient (Wildman–Crippen LogP) is 1.37. The summed E-state index contributed by atoms with van der Waals surface area (Å²) in [6.45, 7) is 4.22. The van der Waals surface area contributed by atoms with Gasteiger partial charge in [0.2, 0.25) is 10.0 Å². The van der Waals surface area contributed by atoms with Crippen molar-refractivity contribution in [2.24, 2.45) is 0 Å². The fraction of sp³-hybridized carbons (Fsp3) is 0.571. The lowest BCUT2D eigenvalue weighted by molar-refractivity contribution is -0.0653. The molecule has 0 spiro atoms. The van der Waals surface area contributed by atoms with Crippen LogP contribution < -0.4 is 5.73 Å². The molecule has 1 fully saturated rings. The smallest absolute Gasteiger partial charge is 0.243 e. The summed E-state index contributed by atoms with van der Waals surface area (Å²) in [5.41, 5.74) is 6.03. The average Bonchev–Trinajstić information content (AvgIpc) is 2.36. The monoisotopic (exact) mass is 298 g/mol. The van der Waals surface area contributed by atoms with Crippen molar-refractivity contribution in [3.8, 4) is 0 Å². The van der Waals surface area contributed by atoms with Crippen molar-refractivity contribution < 1.29 is 13.5 Å². The number of hydrogen-bond donors (Lipinski definition) is 2. The van der Waals surface area contributed by atoms with Gasteiger partial charge in [-0.3, -0.25) is 0 Å². The first kappa shape index (κ1) is 15.3. The molecule has 0 amide bonds. The third kappa shape index (κ3) is 2.68. The fourth-order valence-electron chi connectivity index (χ4n) is 2.65. The Morgan fingerprint density at radius 3 is 2.55 bits per heavy atom. The molecule has 112 valence electrons. The van der Waals surface area contributed by atoms with Crippen LogP contribution in [-0.4, -0.2) is 36.5 Å². The number of anilines is 1. The zero-order valence-corrected chi connectivity index (χ0v) is 12.8. The van der Waals surface area contributed by atoms with Gasteiger partial charge >= 0.3 is 0 Å². The maximum Gasteiger partial charge on any atom is 0.243 e. The standard InChI is InChI=1S/C14H22N2O3S/c1-3-7-14(17)9-16(10-14)20(18,19)13-8-12(15)6-5-11(13)4-2/h5-6,8,17H,3-4,7,9-10,15H2,1-2H3. The first-order chi connectivity index (χ1) is 9.32. The highest BCUT2D eigenvalue weighted by atomic mass is 32.2. The number of sulfonamides is 1. The van der Waals surface area contributed by atoms with Crippen LogP contribution in [0, 0.1) is 0 Å². The van der Waals surface area contributed by atoms with Gasteiger partial charge in [-0.1, -0.05) is 26.3 Å². The highest BCUT2D eigenvalue weighted by Crippen LogP contribution is 2.33. The van der Waals surface area contributed by atoms with Crippen LogP contribution in [0.25, 0.3) is 0 Å². The van der Waals surface area contributed by atoms with E-state index in [1.165, 1.54) is 10.4 Å². The van der Waals surface area contributed by atoms with E-state index in [-0.39, 0.29) is 18.0 Å². The molecule has 1 heterocycles. The minimum atomic E-state index is -3.56. The van der Waals surface area contributed by atoms with Gasteiger partial charge in [-0.25, -0.2) is 8.42 Å². The van der Waals surface area contributed by atoms with E-state index in [1.807, 2.05) is 13.8 Å². The van der Waals surface area contributed by atoms with Gasteiger partial charge in [0.05, 0.1) is 10.5 Å². The molecule has 20 heavy (non-hydrogen) atoms. The molecule has 5 nitrogen and oxygen atoms in total. The van der Waals surface area contributed by atoms with E-state index >= 15 is 0 Å². The molecule has 3 N–H and O–H groups in total. The molecule has 1 aromatic carbocycles. The number of aryl methyl sites for hydroxylation is 1. The molecule has 0 unspecified atom stereocenters. The van der Waals surface area contributed by atoms with Crippen molar-refractivity contribution in [2.45, 2.75) is 43.6 Å². The summed E-state index contributed by atoms with van der Waals surface area (Å²) in [7, 11) is -3.56. The van der Waals surface area contributed by atoms with Crippen LogP contribution in [0.5, 0.6) is 0 Å². The van der Waals surface area contributed by atoms with E-state index < -0.39 is 15.6 Å². The van der Waals surface area contributed by atoms with Crippen molar-refractivity contribution in [1.82, 2.24) is 4.31 Å². The summed E-state index contributed by atoms with van der Waals surface area (Å²) < 4.78 is 26.5. The minimum Gasteiger partial charge on any atom is -0.399 e. The number of rotatable bonds is 5. The third-order valence-electron chi connectivity index (χ3n) is 3.75. The summed E-state index contributed by atoms with van der Waals surface area (Å²) >= 11 is 0. The van der Waals surface area contributed by atoms with Crippen LogP contribution in [-0.2, 0) is 16.4 Å². The third-order valence-corrected chi connectivity index (χ3v) is 5.62. The van der Waals surface area contributed by atoms with Gasteiger partial charge in [-0.15, -0.1) is 0 Å². The van der Waals surface area contributed by atoms with Crippen molar-refractivity contribution >= 4 is 15.7 Å². The zero-order valence-electron chi connectivity index (χ0n) is 12.0. The second-order valence-corrected chi connectivity index (χ2v) is 7.37. The van der Waals surface area contributed by atoms with E-state index in [1.54, 1.807) is 12.1 Å². The average molecular weight is 298 g/mol. The Labute approximate surface area is 120 Å². The Hall–Kier alpha value is -1.11. The second kappa shape index (κ2) is 5.35. The largest absolute Gasteiger partial charge is 0.399 e. The number of hydrogen-bond acceptors (Lipinski definition) is 4. The number of nitrogen functional groups attached to an aromatic ring is 1. The zero-order chi connectivity index (χ0) is 15.0. The van der Waals surface area contributed by atoms with Crippen LogP contribution in [0.2, 0.25) is 0 Å². The molecule has 0 saturated carbocycles. The predicted molar refractivity (Wildman–Crippen MR) is 78.8 cm³/mol. The molecule has 1 saturated heterocycles. The van der Waals surface area contributed by atoms with Crippen molar-refractivity contribution in [2.75, 3.05) is 18.8 Å². The van der Waals surface area contributed by atoms with Crippen LogP contribution >= 0.6 is 0 Å². The number of nitrogens with zero attached hydrogens (tertiary/aromatic N) is 1. The van der Waals surface area contributed by atoms with E-state index in [4.69, 9.17) is 5.73 Å². The molecule has 2 rings (SSSR count). The lowest BCUT2D eigenvalue weighted by Crippen LogP contribution is -2.63. The van der Waals surface area contributed by atoms with E-state index in [0.29, 0.717) is 18.5 Å². The highest BCUT2D eigenvalue weighted by Gasteiger charge is 2.46. The SMILES string of the molecule is CCCC1(O)CN(S(=O)(=O)c2cc(N)ccc2CC)C1. The van der Waals surface area contributed by atoms with E-state index in [9.17, 15) is 13.5 Å². The molecule has 0 radical (unpaired) electrons. The quantitative estimate of drug-likeness (QED) is 0.804. The maximum atomic E-state index is 12.6. The van der Waals surface area contributed by atoms with Gasteiger partial charge in [-0.05, 0) is 30.5 Å². The molecule has 0 atom stereocenters. The van der Waals surface area contributed by atoms with Gasteiger partial charge in [-0.2, -0.15) is 4.31 Å². The molecule has 6 heteroatoms. The summed E-state index contributed by atoms with van der Waals surface area (Å²) in [5, 5.41) is 10.1. The number of β-amino-alcohol motifs (C(OH)–C–C–N with tert-alkyl or cyclic N) is 1. The summed E-state index contributed by atoms with van der Waals surface area (Å²) in [6.07, 6.45) is 2.08. The van der Waals surface area contributed by atoms with Gasteiger partial charge in [0, 0.05) is 18.8 Å². The van der Waals surface area contributed by atoms with Crippen LogP contribution in [0.1, 0.15) is 32.3 Å². The van der Waals surface area contributed by atoms with E-state index in [2.05, 4.69) is 0 Å². The van der Waals surface area contributed by atoms with Crippen molar-refractivity contribution in [1.29, 1.82) is 0 Å². The van der Waals surface area contributed by atoms with Crippen LogP contribution in [0.4, 0.5) is 5.69 Å². The molecule has 1 aliphatic heterocycles. The van der Waals surface area contributed by atoms with Gasteiger partial charge in [0.15, 0.2) is 0 Å². The summed E-state index contributed by atoms with van der Waals surface area (Å²) in [5.74, 6) is 0. The topological polar surface area (TPSA) is 83.6 Å². The Bertz CT molecular complexity index is 592.